The van der Waals surface area contributed by atoms with Crippen LogP contribution in [0, 0.1) is 13.8 Å². The van der Waals surface area contributed by atoms with Crippen molar-refractivity contribution in [2.24, 2.45) is 0 Å². The molecule has 0 saturated heterocycles. The normalized spacial score (nSPS) is 14.3. The minimum Gasteiger partial charge on any atom is -0.352 e. The molecule has 0 fully saturated rings. The second-order valence-corrected chi connectivity index (χ2v) is 4.71. The fourth-order valence-corrected chi connectivity index (χ4v) is 2.36. The summed E-state index contributed by atoms with van der Waals surface area (Å²) < 4.78 is 0. The smallest absolute Gasteiger partial charge is 0.256 e. The Balaban J connectivity index is 1.96. The van der Waals surface area contributed by atoms with Crippen LogP contribution in [0.2, 0.25) is 0 Å². The van der Waals surface area contributed by atoms with E-state index in [-0.39, 0.29) is 5.56 Å². The third-order valence-corrected chi connectivity index (χ3v) is 3.27. The van der Waals surface area contributed by atoms with Gasteiger partial charge in [0.1, 0.15) is 17.5 Å². The van der Waals surface area contributed by atoms with Crippen molar-refractivity contribution in [3.63, 3.8) is 0 Å². The second-order valence-electron chi connectivity index (χ2n) is 4.71. The quantitative estimate of drug-likeness (QED) is 0.815. The molecule has 6 nitrogen and oxygen atoms in total. The Kier molecular flexibility index (Phi) is 2.77. The van der Waals surface area contributed by atoms with Crippen LogP contribution in [0.25, 0.3) is 0 Å². The van der Waals surface area contributed by atoms with Gasteiger partial charge < -0.3 is 9.88 Å². The molecule has 1 aliphatic heterocycles. The molecule has 0 spiro atoms. The van der Waals surface area contributed by atoms with E-state index in [1.165, 1.54) is 0 Å². The van der Waals surface area contributed by atoms with E-state index in [2.05, 4.69) is 24.8 Å². The highest BCUT2D eigenvalue weighted by atomic mass is 16.1. The average Bonchev–Trinajstić information content (AvgIpc) is 2.38. The van der Waals surface area contributed by atoms with E-state index in [1.807, 2.05) is 19.9 Å². The first-order valence-electron chi connectivity index (χ1n) is 6.27. The van der Waals surface area contributed by atoms with Gasteiger partial charge in [-0.3, -0.25) is 4.79 Å². The highest BCUT2D eigenvalue weighted by Crippen LogP contribution is 2.19. The molecule has 0 amide bonds. The Morgan fingerprint density at radius 1 is 1.32 bits per heavy atom. The second kappa shape index (κ2) is 4.46. The summed E-state index contributed by atoms with van der Waals surface area (Å²) in [6.45, 7) is 5.04. The number of hydrogen-bond donors (Lipinski definition) is 1. The molecule has 1 N–H and O–H groups in total. The van der Waals surface area contributed by atoms with E-state index in [4.69, 9.17) is 0 Å². The lowest BCUT2D eigenvalue weighted by molar-refractivity contribution is 0.681. The first kappa shape index (κ1) is 11.8. The SMILES string of the molecule is Cc1nccc(N2CCc3nc(C)[nH]c(=O)c3C2)n1. The maximum atomic E-state index is 12.0. The zero-order valence-electron chi connectivity index (χ0n) is 11.0. The van der Waals surface area contributed by atoms with Crippen molar-refractivity contribution >= 4 is 5.82 Å². The van der Waals surface area contributed by atoms with Gasteiger partial charge in [0.05, 0.1) is 17.8 Å². The van der Waals surface area contributed by atoms with Gasteiger partial charge in [0, 0.05) is 19.2 Å². The summed E-state index contributed by atoms with van der Waals surface area (Å²) in [7, 11) is 0. The van der Waals surface area contributed by atoms with Gasteiger partial charge in [-0.05, 0) is 19.9 Å². The monoisotopic (exact) mass is 257 g/mol. The summed E-state index contributed by atoms with van der Waals surface area (Å²) in [5, 5.41) is 0. The number of nitrogens with zero attached hydrogens (tertiary/aromatic N) is 4. The topological polar surface area (TPSA) is 74.8 Å². The maximum Gasteiger partial charge on any atom is 0.256 e. The van der Waals surface area contributed by atoms with Crippen molar-refractivity contribution < 1.29 is 0 Å². The van der Waals surface area contributed by atoms with Gasteiger partial charge in [-0.25, -0.2) is 15.0 Å². The van der Waals surface area contributed by atoms with Crippen LogP contribution in [-0.2, 0) is 13.0 Å². The van der Waals surface area contributed by atoms with Crippen molar-refractivity contribution in [3.05, 3.63) is 45.5 Å². The van der Waals surface area contributed by atoms with Gasteiger partial charge in [-0.1, -0.05) is 0 Å². The maximum absolute atomic E-state index is 12.0. The molecule has 19 heavy (non-hydrogen) atoms. The number of H-pyrrole nitrogens is 1. The van der Waals surface area contributed by atoms with Crippen LogP contribution in [0.4, 0.5) is 5.82 Å². The number of anilines is 1. The van der Waals surface area contributed by atoms with Crippen molar-refractivity contribution in [2.45, 2.75) is 26.8 Å². The molecule has 0 atom stereocenters. The Hall–Kier alpha value is -2.24. The van der Waals surface area contributed by atoms with Crippen LogP contribution in [0.15, 0.2) is 17.1 Å². The first-order chi connectivity index (χ1) is 9.13. The van der Waals surface area contributed by atoms with E-state index in [9.17, 15) is 4.79 Å². The standard InChI is InChI=1S/C13H15N5O/c1-8-14-5-3-12(16-8)18-6-4-11-10(7-18)13(19)17-9(2)15-11/h3,5H,4,6-7H2,1-2H3,(H,15,17,19). The summed E-state index contributed by atoms with van der Waals surface area (Å²) in [6, 6.07) is 1.87. The third kappa shape index (κ3) is 2.21. The van der Waals surface area contributed by atoms with E-state index in [0.29, 0.717) is 12.4 Å². The van der Waals surface area contributed by atoms with Crippen LogP contribution >= 0.6 is 0 Å². The van der Waals surface area contributed by atoms with Crippen LogP contribution < -0.4 is 10.5 Å². The van der Waals surface area contributed by atoms with Crippen molar-refractivity contribution in [3.8, 4) is 0 Å². The zero-order valence-corrected chi connectivity index (χ0v) is 11.0. The number of aromatic nitrogens is 4. The van der Waals surface area contributed by atoms with Gasteiger partial charge in [-0.2, -0.15) is 0 Å². The molecule has 2 aromatic heterocycles. The van der Waals surface area contributed by atoms with Gasteiger partial charge in [0.2, 0.25) is 0 Å². The molecule has 0 aromatic carbocycles. The molecule has 0 bridgehead atoms. The molecule has 1 aliphatic rings. The Morgan fingerprint density at radius 3 is 2.95 bits per heavy atom. The minimum absolute atomic E-state index is 0.0435. The van der Waals surface area contributed by atoms with Crippen LogP contribution in [0.1, 0.15) is 22.9 Å². The molecule has 0 radical (unpaired) electrons. The van der Waals surface area contributed by atoms with Crippen molar-refractivity contribution in [1.29, 1.82) is 0 Å². The molecular formula is C13H15N5O. The van der Waals surface area contributed by atoms with E-state index in [1.54, 1.807) is 6.20 Å². The molecule has 3 heterocycles. The summed E-state index contributed by atoms with van der Waals surface area (Å²) in [6.07, 6.45) is 2.51. The first-order valence-corrected chi connectivity index (χ1v) is 6.27. The van der Waals surface area contributed by atoms with Crippen LogP contribution in [0.5, 0.6) is 0 Å². The fourth-order valence-electron chi connectivity index (χ4n) is 2.36. The fraction of sp³-hybridized carbons (Fsp3) is 0.385. The summed E-state index contributed by atoms with van der Waals surface area (Å²) in [5.41, 5.74) is 1.61. The van der Waals surface area contributed by atoms with Gasteiger partial charge in [0.25, 0.3) is 5.56 Å². The summed E-state index contributed by atoms with van der Waals surface area (Å²) >= 11 is 0. The number of aromatic amines is 1. The number of hydrogen-bond acceptors (Lipinski definition) is 5. The largest absolute Gasteiger partial charge is 0.352 e. The van der Waals surface area contributed by atoms with E-state index < -0.39 is 0 Å². The predicted octanol–water partition coefficient (Wildman–Crippen LogP) is 0.739. The van der Waals surface area contributed by atoms with Gasteiger partial charge in [0.15, 0.2) is 0 Å². The lowest BCUT2D eigenvalue weighted by Gasteiger charge is -2.28. The highest BCUT2D eigenvalue weighted by Gasteiger charge is 2.21. The lowest BCUT2D eigenvalue weighted by Crippen LogP contribution is -2.36. The molecule has 6 heteroatoms. The number of nitrogens with one attached hydrogen (secondary N) is 1. The molecule has 3 rings (SSSR count). The van der Waals surface area contributed by atoms with Crippen molar-refractivity contribution in [1.82, 2.24) is 19.9 Å². The van der Waals surface area contributed by atoms with Crippen LogP contribution in [0.3, 0.4) is 0 Å². The molecule has 0 saturated carbocycles. The van der Waals surface area contributed by atoms with Crippen molar-refractivity contribution in [2.75, 3.05) is 11.4 Å². The molecule has 98 valence electrons. The summed E-state index contributed by atoms with van der Waals surface area (Å²) in [5.74, 6) is 2.27. The molecule has 0 aliphatic carbocycles. The van der Waals surface area contributed by atoms with Crippen LogP contribution in [-0.4, -0.2) is 26.5 Å². The zero-order chi connectivity index (χ0) is 13.4. The van der Waals surface area contributed by atoms with Gasteiger partial charge in [-0.15, -0.1) is 0 Å². The average molecular weight is 257 g/mol. The Morgan fingerprint density at radius 2 is 2.16 bits per heavy atom. The Bertz CT molecular complexity index is 679. The van der Waals surface area contributed by atoms with E-state index in [0.717, 1.165) is 35.9 Å². The summed E-state index contributed by atoms with van der Waals surface area (Å²) in [4.78, 5) is 29.7. The van der Waals surface area contributed by atoms with Gasteiger partial charge >= 0.3 is 0 Å². The lowest BCUT2D eigenvalue weighted by atomic mass is 10.1. The molecule has 2 aromatic rings. The number of rotatable bonds is 1. The number of aryl methyl sites for hydroxylation is 2. The molecule has 0 unspecified atom stereocenters. The van der Waals surface area contributed by atoms with E-state index >= 15 is 0 Å². The third-order valence-electron chi connectivity index (χ3n) is 3.27. The number of fused-ring (bicyclic) bond motifs is 1. The predicted molar refractivity (Wildman–Crippen MR) is 71.1 cm³/mol. The minimum atomic E-state index is -0.0435. The highest BCUT2D eigenvalue weighted by molar-refractivity contribution is 5.41. The Labute approximate surface area is 110 Å². The molecular weight excluding hydrogens is 242 g/mol.